The van der Waals surface area contributed by atoms with E-state index in [1.54, 1.807) is 36.4 Å². The number of hydrogen-bond donors (Lipinski definition) is 1. The molecule has 2 amide bonds. The first kappa shape index (κ1) is 20.3. The number of hydrogen-bond acceptors (Lipinski definition) is 4. The number of amides is 2. The summed E-state index contributed by atoms with van der Waals surface area (Å²) in [7, 11) is 0. The largest absolute Gasteiger partial charge is 0.494 e. The molecule has 2 aromatic rings. The summed E-state index contributed by atoms with van der Waals surface area (Å²) >= 11 is 0. The Labute approximate surface area is 175 Å². The quantitative estimate of drug-likeness (QED) is 0.734. The Morgan fingerprint density at radius 2 is 1.77 bits per heavy atom. The van der Waals surface area contributed by atoms with E-state index < -0.39 is 0 Å². The molecule has 0 bridgehead atoms. The van der Waals surface area contributed by atoms with Crippen molar-refractivity contribution in [3.8, 4) is 5.75 Å². The van der Waals surface area contributed by atoms with Crippen LogP contribution in [0.2, 0.25) is 0 Å². The fourth-order valence-electron chi connectivity index (χ4n) is 4.22. The zero-order valence-electron chi connectivity index (χ0n) is 17.1. The monoisotopic (exact) mass is 412 g/mol. The van der Waals surface area contributed by atoms with Crippen LogP contribution in [0.4, 0.5) is 15.8 Å². The van der Waals surface area contributed by atoms with E-state index in [2.05, 4.69) is 0 Å². The van der Waals surface area contributed by atoms with Crippen molar-refractivity contribution >= 4 is 23.2 Å². The predicted octanol–water partition coefficient (Wildman–Crippen LogP) is 1.65. The number of para-hydroxylation sites is 1. The summed E-state index contributed by atoms with van der Waals surface area (Å²) in [4.78, 5) is 30.1. The van der Waals surface area contributed by atoms with Crippen LogP contribution in [-0.4, -0.2) is 50.6 Å². The van der Waals surface area contributed by atoms with Crippen molar-refractivity contribution in [3.05, 3.63) is 54.3 Å². The fourth-order valence-corrected chi connectivity index (χ4v) is 4.22. The molecule has 7 heteroatoms. The van der Waals surface area contributed by atoms with Gasteiger partial charge >= 0.3 is 0 Å². The molecular weight excluding hydrogens is 385 g/mol. The standard InChI is InChI=1S/C23H26FN3O3/c1-2-15-30-18-9-7-17(8-10-18)27-22(28)16-21(23(27)29)26-13-11-25(12-14-26)20-6-4-3-5-19(20)24/h3-10,21H,2,11-16H2,1H3/p+1/t21-/m1/s1. The van der Waals surface area contributed by atoms with Gasteiger partial charge in [-0.05, 0) is 42.8 Å². The van der Waals surface area contributed by atoms with Crippen molar-refractivity contribution in [2.24, 2.45) is 0 Å². The second-order valence-corrected chi connectivity index (χ2v) is 7.76. The van der Waals surface area contributed by atoms with Gasteiger partial charge in [0.2, 0.25) is 5.91 Å². The van der Waals surface area contributed by atoms with E-state index in [9.17, 15) is 14.0 Å². The fraction of sp³-hybridized carbons (Fsp3) is 0.391. The maximum atomic E-state index is 14.1. The number of nitrogens with zero attached hydrogens (tertiary/aromatic N) is 2. The van der Waals surface area contributed by atoms with Gasteiger partial charge in [0.25, 0.3) is 5.91 Å². The zero-order chi connectivity index (χ0) is 21.1. The third kappa shape index (κ3) is 4.03. The number of carbonyl (C=O) groups is 2. The van der Waals surface area contributed by atoms with Gasteiger partial charge in [-0.2, -0.15) is 0 Å². The molecule has 2 aliphatic rings. The first-order valence-electron chi connectivity index (χ1n) is 10.5. The molecular formula is C23H27FN3O3+. The van der Waals surface area contributed by atoms with Crippen LogP contribution in [0, 0.1) is 5.82 Å². The maximum Gasteiger partial charge on any atom is 0.292 e. The SMILES string of the molecule is CCCOc1ccc(N2C(=O)C[C@@H]([NH+]3CCN(c4ccccc4F)CC3)C2=O)cc1. The van der Waals surface area contributed by atoms with E-state index >= 15 is 0 Å². The Morgan fingerprint density at radius 3 is 2.43 bits per heavy atom. The lowest BCUT2D eigenvalue weighted by Crippen LogP contribution is -3.19. The second kappa shape index (κ2) is 8.83. The van der Waals surface area contributed by atoms with Crippen LogP contribution >= 0.6 is 0 Å². The minimum atomic E-state index is -0.378. The summed E-state index contributed by atoms with van der Waals surface area (Å²) in [5, 5.41) is 0. The van der Waals surface area contributed by atoms with E-state index in [0.29, 0.717) is 44.2 Å². The Bertz CT molecular complexity index is 910. The highest BCUT2D eigenvalue weighted by molar-refractivity contribution is 6.21. The van der Waals surface area contributed by atoms with E-state index in [-0.39, 0.29) is 30.1 Å². The van der Waals surface area contributed by atoms with Gasteiger partial charge < -0.3 is 14.5 Å². The van der Waals surface area contributed by atoms with Gasteiger partial charge in [0, 0.05) is 0 Å². The highest BCUT2D eigenvalue weighted by Crippen LogP contribution is 2.25. The predicted molar refractivity (Wildman–Crippen MR) is 112 cm³/mol. The van der Waals surface area contributed by atoms with Gasteiger partial charge in [0.15, 0.2) is 6.04 Å². The highest BCUT2D eigenvalue weighted by Gasteiger charge is 2.46. The number of nitrogens with one attached hydrogen (secondary N) is 1. The molecule has 1 N–H and O–H groups in total. The third-order valence-electron chi connectivity index (χ3n) is 5.81. The number of carbonyl (C=O) groups excluding carboxylic acids is 2. The van der Waals surface area contributed by atoms with Crippen LogP contribution in [0.1, 0.15) is 19.8 Å². The van der Waals surface area contributed by atoms with Crippen LogP contribution in [0.3, 0.4) is 0 Å². The van der Waals surface area contributed by atoms with Crippen molar-refractivity contribution in [2.45, 2.75) is 25.8 Å². The maximum absolute atomic E-state index is 14.1. The van der Waals surface area contributed by atoms with E-state index in [1.807, 2.05) is 17.9 Å². The summed E-state index contributed by atoms with van der Waals surface area (Å²) in [5.41, 5.74) is 1.18. The Hall–Kier alpha value is -2.93. The summed E-state index contributed by atoms with van der Waals surface area (Å²) in [6.07, 6.45) is 1.13. The topological polar surface area (TPSA) is 54.3 Å². The lowest BCUT2D eigenvalue weighted by atomic mass is 10.1. The van der Waals surface area contributed by atoms with Crippen molar-refractivity contribution in [1.82, 2.24) is 0 Å². The third-order valence-corrected chi connectivity index (χ3v) is 5.81. The first-order valence-corrected chi connectivity index (χ1v) is 10.5. The second-order valence-electron chi connectivity index (χ2n) is 7.76. The number of quaternary nitrogens is 1. The van der Waals surface area contributed by atoms with Crippen LogP contribution in [0.15, 0.2) is 48.5 Å². The van der Waals surface area contributed by atoms with Crippen LogP contribution < -0.4 is 19.4 Å². The molecule has 2 heterocycles. The minimum Gasteiger partial charge on any atom is -0.494 e. The Balaban J connectivity index is 1.40. The number of anilines is 2. The molecule has 2 aromatic carbocycles. The molecule has 0 saturated carbocycles. The Morgan fingerprint density at radius 1 is 1.07 bits per heavy atom. The highest BCUT2D eigenvalue weighted by atomic mass is 19.1. The van der Waals surface area contributed by atoms with Crippen LogP contribution in [0.25, 0.3) is 0 Å². The summed E-state index contributed by atoms with van der Waals surface area (Å²) in [6, 6.07) is 13.5. The van der Waals surface area contributed by atoms with E-state index in [1.165, 1.54) is 11.0 Å². The lowest BCUT2D eigenvalue weighted by molar-refractivity contribution is -0.915. The normalized spacial score (nSPS) is 20.1. The molecule has 0 unspecified atom stereocenters. The number of ether oxygens (including phenoxy) is 1. The number of benzene rings is 2. The summed E-state index contributed by atoms with van der Waals surface area (Å²) in [6.45, 7) is 5.35. The molecule has 2 aliphatic heterocycles. The molecule has 2 saturated heterocycles. The van der Waals surface area contributed by atoms with Crippen molar-refractivity contribution in [3.63, 3.8) is 0 Å². The molecule has 4 rings (SSSR count). The van der Waals surface area contributed by atoms with Gasteiger partial charge in [-0.15, -0.1) is 0 Å². The molecule has 1 atom stereocenters. The van der Waals surface area contributed by atoms with Gasteiger partial charge in [-0.3, -0.25) is 9.59 Å². The molecule has 2 fully saturated rings. The Kier molecular flexibility index (Phi) is 5.99. The molecule has 6 nitrogen and oxygen atoms in total. The molecule has 30 heavy (non-hydrogen) atoms. The van der Waals surface area contributed by atoms with Crippen molar-refractivity contribution in [2.75, 3.05) is 42.6 Å². The average Bonchev–Trinajstić information content (AvgIpc) is 3.07. The van der Waals surface area contributed by atoms with Crippen LogP contribution in [0.5, 0.6) is 5.75 Å². The van der Waals surface area contributed by atoms with Gasteiger partial charge in [0.1, 0.15) is 11.6 Å². The van der Waals surface area contributed by atoms with Gasteiger partial charge in [-0.1, -0.05) is 19.1 Å². The lowest BCUT2D eigenvalue weighted by Gasteiger charge is -2.35. The van der Waals surface area contributed by atoms with Crippen molar-refractivity contribution < 1.29 is 23.6 Å². The van der Waals surface area contributed by atoms with Gasteiger partial charge in [0.05, 0.1) is 50.6 Å². The van der Waals surface area contributed by atoms with Crippen molar-refractivity contribution in [1.29, 1.82) is 0 Å². The van der Waals surface area contributed by atoms with E-state index in [0.717, 1.165) is 17.1 Å². The van der Waals surface area contributed by atoms with Crippen LogP contribution in [-0.2, 0) is 9.59 Å². The summed E-state index contributed by atoms with van der Waals surface area (Å²) in [5.74, 6) is 0.171. The smallest absolute Gasteiger partial charge is 0.292 e. The number of imide groups is 1. The number of piperazine rings is 1. The minimum absolute atomic E-state index is 0.156. The van der Waals surface area contributed by atoms with Gasteiger partial charge in [-0.25, -0.2) is 9.29 Å². The molecule has 0 aliphatic carbocycles. The number of halogens is 1. The molecule has 158 valence electrons. The first-order chi connectivity index (χ1) is 14.6. The number of rotatable bonds is 6. The molecule has 0 spiro atoms. The molecule has 0 radical (unpaired) electrons. The zero-order valence-corrected chi connectivity index (χ0v) is 17.1. The average molecular weight is 412 g/mol. The summed E-state index contributed by atoms with van der Waals surface area (Å²) < 4.78 is 19.6. The van der Waals surface area contributed by atoms with E-state index in [4.69, 9.17) is 4.74 Å². The molecule has 0 aromatic heterocycles.